The Kier molecular flexibility index (Phi) is 3.26. The topological polar surface area (TPSA) is 20.2 Å². The normalized spacial score (nSPS) is 11.1. The van der Waals surface area contributed by atoms with Gasteiger partial charge in [0.15, 0.2) is 0 Å². The van der Waals surface area contributed by atoms with E-state index in [2.05, 4.69) is 32.9 Å². The molecule has 0 amide bonds. The summed E-state index contributed by atoms with van der Waals surface area (Å²) in [5.74, 6) is 0. The fraction of sp³-hybridized carbons (Fsp3) is 0.333. The van der Waals surface area contributed by atoms with Crippen LogP contribution in [0, 0.1) is 20.8 Å². The van der Waals surface area contributed by atoms with Crippen LogP contribution in [0.25, 0.3) is 6.08 Å². The molecule has 0 aliphatic rings. The summed E-state index contributed by atoms with van der Waals surface area (Å²) in [5, 5.41) is 8.68. The molecule has 0 aliphatic carbocycles. The van der Waals surface area contributed by atoms with Crippen molar-refractivity contribution in [2.45, 2.75) is 20.8 Å². The van der Waals surface area contributed by atoms with Gasteiger partial charge in [-0.05, 0) is 37.5 Å². The molecule has 1 aromatic carbocycles. The summed E-state index contributed by atoms with van der Waals surface area (Å²) in [5.41, 5.74) is 5.04. The molecule has 0 heterocycles. The lowest BCUT2D eigenvalue weighted by Crippen LogP contribution is -1.88. The smallest absolute Gasteiger partial charge is 0.0615 e. The maximum absolute atomic E-state index is 8.68. The maximum Gasteiger partial charge on any atom is 0.0615 e. The van der Waals surface area contributed by atoms with Gasteiger partial charge in [0.25, 0.3) is 0 Å². The van der Waals surface area contributed by atoms with E-state index in [1.807, 2.05) is 6.08 Å². The van der Waals surface area contributed by atoms with Crippen molar-refractivity contribution >= 4 is 6.08 Å². The van der Waals surface area contributed by atoms with Crippen LogP contribution < -0.4 is 0 Å². The molecule has 0 saturated heterocycles. The molecule has 0 spiro atoms. The van der Waals surface area contributed by atoms with Gasteiger partial charge in [0.2, 0.25) is 0 Å². The highest BCUT2D eigenvalue weighted by Crippen LogP contribution is 2.17. The molecule has 1 N–H and O–H groups in total. The van der Waals surface area contributed by atoms with Gasteiger partial charge in [0.05, 0.1) is 6.61 Å². The van der Waals surface area contributed by atoms with Crippen molar-refractivity contribution in [1.82, 2.24) is 0 Å². The first-order valence-corrected chi connectivity index (χ1v) is 4.50. The summed E-state index contributed by atoms with van der Waals surface area (Å²) >= 11 is 0. The van der Waals surface area contributed by atoms with Gasteiger partial charge in [0, 0.05) is 0 Å². The van der Waals surface area contributed by atoms with E-state index in [4.69, 9.17) is 5.11 Å². The minimum atomic E-state index is 0.104. The van der Waals surface area contributed by atoms with Crippen LogP contribution in [0.3, 0.4) is 0 Å². The molecule has 0 bridgehead atoms. The lowest BCUT2D eigenvalue weighted by atomic mass is 9.99. The lowest BCUT2D eigenvalue weighted by molar-refractivity contribution is 0.343. The van der Waals surface area contributed by atoms with Gasteiger partial charge in [-0.15, -0.1) is 0 Å². The fourth-order valence-corrected chi connectivity index (χ4v) is 1.62. The predicted octanol–water partition coefficient (Wildman–Crippen LogP) is 2.62. The van der Waals surface area contributed by atoms with E-state index in [1.54, 1.807) is 6.08 Å². The number of hydrogen-bond donors (Lipinski definition) is 1. The fourth-order valence-electron chi connectivity index (χ4n) is 1.62. The van der Waals surface area contributed by atoms with Gasteiger partial charge in [0.1, 0.15) is 0 Å². The average molecular weight is 176 g/mol. The van der Waals surface area contributed by atoms with Crippen molar-refractivity contribution in [2.75, 3.05) is 6.61 Å². The number of aliphatic hydroxyl groups is 1. The Morgan fingerprint density at radius 2 is 1.69 bits per heavy atom. The Bertz CT molecular complexity index is 301. The zero-order chi connectivity index (χ0) is 9.84. The molecule has 0 atom stereocenters. The van der Waals surface area contributed by atoms with Crippen molar-refractivity contribution in [3.63, 3.8) is 0 Å². The third kappa shape index (κ3) is 2.43. The molecule has 13 heavy (non-hydrogen) atoms. The van der Waals surface area contributed by atoms with Crippen molar-refractivity contribution in [3.05, 3.63) is 40.5 Å². The van der Waals surface area contributed by atoms with Gasteiger partial charge >= 0.3 is 0 Å². The quantitative estimate of drug-likeness (QED) is 0.734. The predicted molar refractivity (Wildman–Crippen MR) is 56.8 cm³/mol. The van der Waals surface area contributed by atoms with Crippen LogP contribution in [0.5, 0.6) is 0 Å². The minimum absolute atomic E-state index is 0.104. The van der Waals surface area contributed by atoms with E-state index in [-0.39, 0.29) is 6.61 Å². The van der Waals surface area contributed by atoms with E-state index in [1.165, 1.54) is 22.3 Å². The number of aliphatic hydroxyl groups excluding tert-OH is 1. The molecule has 1 heteroatoms. The number of hydrogen-bond acceptors (Lipinski definition) is 1. The molecular weight excluding hydrogens is 160 g/mol. The summed E-state index contributed by atoms with van der Waals surface area (Å²) in [7, 11) is 0. The monoisotopic (exact) mass is 176 g/mol. The Balaban J connectivity index is 3.13. The van der Waals surface area contributed by atoms with E-state index < -0.39 is 0 Å². The second-order valence-corrected chi connectivity index (χ2v) is 3.40. The van der Waals surface area contributed by atoms with Crippen molar-refractivity contribution in [1.29, 1.82) is 0 Å². The standard InChI is InChI=1S/C12H16O/c1-9-7-10(2)12(5-4-6-13)11(3)8-9/h4-5,7-8,13H,6H2,1-3H3/b5-4+. The first-order valence-electron chi connectivity index (χ1n) is 4.50. The number of benzene rings is 1. The van der Waals surface area contributed by atoms with Crippen LogP contribution in [-0.2, 0) is 0 Å². The Labute approximate surface area is 79.7 Å². The Morgan fingerprint density at radius 1 is 1.15 bits per heavy atom. The summed E-state index contributed by atoms with van der Waals surface area (Å²) < 4.78 is 0. The van der Waals surface area contributed by atoms with Gasteiger partial charge in [-0.3, -0.25) is 0 Å². The molecule has 0 saturated carbocycles. The van der Waals surface area contributed by atoms with Crippen LogP contribution in [-0.4, -0.2) is 11.7 Å². The first kappa shape index (κ1) is 10.0. The van der Waals surface area contributed by atoms with Crippen LogP contribution in [0.4, 0.5) is 0 Å². The van der Waals surface area contributed by atoms with Crippen LogP contribution in [0.15, 0.2) is 18.2 Å². The third-order valence-corrected chi connectivity index (χ3v) is 2.13. The molecule has 0 aliphatic heterocycles. The molecular formula is C12H16O. The SMILES string of the molecule is Cc1cc(C)c(/C=C/CO)c(C)c1. The van der Waals surface area contributed by atoms with E-state index >= 15 is 0 Å². The second-order valence-electron chi connectivity index (χ2n) is 3.40. The van der Waals surface area contributed by atoms with E-state index in [9.17, 15) is 0 Å². The molecule has 0 unspecified atom stereocenters. The highest BCUT2D eigenvalue weighted by Gasteiger charge is 1.99. The third-order valence-electron chi connectivity index (χ3n) is 2.13. The molecule has 1 rings (SSSR count). The molecule has 0 fully saturated rings. The molecule has 1 nitrogen and oxygen atoms in total. The largest absolute Gasteiger partial charge is 0.392 e. The molecule has 1 aromatic rings. The van der Waals surface area contributed by atoms with Crippen LogP contribution in [0.1, 0.15) is 22.3 Å². The first-order chi connectivity index (χ1) is 6.15. The van der Waals surface area contributed by atoms with Crippen LogP contribution >= 0.6 is 0 Å². The number of rotatable bonds is 2. The summed E-state index contributed by atoms with van der Waals surface area (Å²) in [6.45, 7) is 6.39. The van der Waals surface area contributed by atoms with E-state index in [0.717, 1.165) is 0 Å². The lowest BCUT2D eigenvalue weighted by Gasteiger charge is -2.06. The summed E-state index contributed by atoms with van der Waals surface area (Å²) in [6, 6.07) is 4.31. The summed E-state index contributed by atoms with van der Waals surface area (Å²) in [6.07, 6.45) is 3.74. The van der Waals surface area contributed by atoms with Gasteiger partial charge < -0.3 is 5.11 Å². The molecule has 0 aromatic heterocycles. The number of aryl methyl sites for hydroxylation is 3. The van der Waals surface area contributed by atoms with Gasteiger partial charge in [-0.2, -0.15) is 0 Å². The summed E-state index contributed by atoms with van der Waals surface area (Å²) in [4.78, 5) is 0. The highest BCUT2D eigenvalue weighted by molar-refractivity contribution is 5.58. The molecule has 0 radical (unpaired) electrons. The van der Waals surface area contributed by atoms with E-state index in [0.29, 0.717) is 0 Å². The Morgan fingerprint density at radius 3 is 2.15 bits per heavy atom. The highest BCUT2D eigenvalue weighted by atomic mass is 16.2. The van der Waals surface area contributed by atoms with Crippen molar-refractivity contribution in [2.24, 2.45) is 0 Å². The van der Waals surface area contributed by atoms with Crippen molar-refractivity contribution in [3.8, 4) is 0 Å². The zero-order valence-corrected chi connectivity index (χ0v) is 8.46. The van der Waals surface area contributed by atoms with Crippen LogP contribution in [0.2, 0.25) is 0 Å². The van der Waals surface area contributed by atoms with Gasteiger partial charge in [-0.1, -0.05) is 29.8 Å². The second kappa shape index (κ2) is 4.24. The zero-order valence-electron chi connectivity index (χ0n) is 8.46. The molecule has 70 valence electrons. The van der Waals surface area contributed by atoms with Gasteiger partial charge in [-0.25, -0.2) is 0 Å². The van der Waals surface area contributed by atoms with Crippen molar-refractivity contribution < 1.29 is 5.11 Å². The maximum atomic E-state index is 8.68. The average Bonchev–Trinajstić information content (AvgIpc) is 2.02. The minimum Gasteiger partial charge on any atom is -0.392 e. The Hall–Kier alpha value is -1.08.